The molecule has 0 aliphatic rings. The van der Waals surface area contributed by atoms with E-state index in [2.05, 4.69) is 10.5 Å². The molecule has 3 aromatic rings. The lowest BCUT2D eigenvalue weighted by molar-refractivity contribution is 0.0939. The van der Waals surface area contributed by atoms with Gasteiger partial charge in [-0.05, 0) is 31.5 Å². The summed E-state index contributed by atoms with van der Waals surface area (Å²) in [6, 6.07) is 16.8. The molecule has 1 aromatic heterocycles. The van der Waals surface area contributed by atoms with Gasteiger partial charge in [0, 0.05) is 10.6 Å². The molecule has 0 saturated carbocycles. The fourth-order valence-corrected chi connectivity index (χ4v) is 2.66. The number of benzene rings is 2. The molecule has 122 valence electrons. The third-order valence-corrected chi connectivity index (χ3v) is 4.11. The molecule has 24 heavy (non-hydrogen) atoms. The van der Waals surface area contributed by atoms with Crippen LogP contribution in [-0.4, -0.2) is 11.1 Å². The number of nitrogens with one attached hydrogen (secondary N) is 1. The molecule has 0 aliphatic carbocycles. The number of nitrogens with zero attached hydrogens (tertiary/aromatic N) is 1. The van der Waals surface area contributed by atoms with Gasteiger partial charge in [-0.3, -0.25) is 4.79 Å². The minimum absolute atomic E-state index is 0.119. The summed E-state index contributed by atoms with van der Waals surface area (Å²) in [4.78, 5) is 12.7. The van der Waals surface area contributed by atoms with Gasteiger partial charge in [0.05, 0.1) is 6.04 Å². The number of rotatable bonds is 4. The first-order valence-electron chi connectivity index (χ1n) is 7.64. The van der Waals surface area contributed by atoms with Crippen molar-refractivity contribution in [2.24, 2.45) is 0 Å². The van der Waals surface area contributed by atoms with Crippen LogP contribution in [0.1, 0.15) is 34.6 Å². The van der Waals surface area contributed by atoms with Crippen LogP contribution in [0.5, 0.6) is 0 Å². The number of aryl methyl sites for hydroxylation is 1. The maximum absolute atomic E-state index is 12.7. The van der Waals surface area contributed by atoms with E-state index in [1.165, 1.54) is 0 Å². The van der Waals surface area contributed by atoms with Crippen molar-refractivity contribution in [2.75, 3.05) is 0 Å². The molecule has 0 bridgehead atoms. The predicted molar refractivity (Wildman–Crippen MR) is 94.0 cm³/mol. The number of amides is 1. The van der Waals surface area contributed by atoms with Gasteiger partial charge in [0.2, 0.25) is 0 Å². The van der Waals surface area contributed by atoms with E-state index < -0.39 is 0 Å². The van der Waals surface area contributed by atoms with Crippen LogP contribution in [0.25, 0.3) is 11.3 Å². The highest BCUT2D eigenvalue weighted by Crippen LogP contribution is 2.27. The van der Waals surface area contributed by atoms with Crippen LogP contribution < -0.4 is 5.32 Å². The molecule has 4 nitrogen and oxygen atoms in total. The molecular weight excluding hydrogens is 324 g/mol. The lowest BCUT2D eigenvalue weighted by Gasteiger charge is -2.14. The zero-order valence-electron chi connectivity index (χ0n) is 13.4. The van der Waals surface area contributed by atoms with Crippen LogP contribution in [-0.2, 0) is 0 Å². The number of halogens is 1. The predicted octanol–water partition coefficient (Wildman–Crippen LogP) is 4.79. The van der Waals surface area contributed by atoms with Crippen molar-refractivity contribution in [2.45, 2.75) is 19.9 Å². The number of aromatic nitrogens is 1. The standard InChI is InChI=1S/C19H17ClN2O2/c1-12(14-6-4-3-5-7-14)21-19(23)17-13(2)24-22-18(17)15-8-10-16(20)11-9-15/h3-12H,1-2H3,(H,21,23)/t12-/m1/s1. The highest BCUT2D eigenvalue weighted by atomic mass is 35.5. The number of carbonyl (C=O) groups excluding carboxylic acids is 1. The van der Waals surface area contributed by atoms with Gasteiger partial charge in [-0.1, -0.05) is 59.2 Å². The molecule has 1 amide bonds. The number of hydrogen-bond acceptors (Lipinski definition) is 3. The van der Waals surface area contributed by atoms with Gasteiger partial charge in [0.15, 0.2) is 0 Å². The third-order valence-electron chi connectivity index (χ3n) is 3.85. The fraction of sp³-hybridized carbons (Fsp3) is 0.158. The van der Waals surface area contributed by atoms with Crippen LogP contribution in [0.3, 0.4) is 0 Å². The first-order valence-corrected chi connectivity index (χ1v) is 8.02. The van der Waals surface area contributed by atoms with Crippen molar-refractivity contribution >= 4 is 17.5 Å². The lowest BCUT2D eigenvalue weighted by Crippen LogP contribution is -2.27. The zero-order chi connectivity index (χ0) is 17.1. The highest BCUT2D eigenvalue weighted by molar-refractivity contribution is 6.30. The Labute approximate surface area is 145 Å². The van der Waals surface area contributed by atoms with Crippen molar-refractivity contribution in [3.8, 4) is 11.3 Å². The molecule has 1 N–H and O–H groups in total. The Balaban J connectivity index is 1.88. The SMILES string of the molecule is Cc1onc(-c2ccc(Cl)cc2)c1C(=O)N[C@H](C)c1ccccc1. The van der Waals surface area contributed by atoms with Gasteiger partial charge in [-0.25, -0.2) is 0 Å². The van der Waals surface area contributed by atoms with Crippen molar-refractivity contribution in [1.29, 1.82) is 0 Å². The summed E-state index contributed by atoms with van der Waals surface area (Å²) in [5, 5.41) is 7.66. The summed E-state index contributed by atoms with van der Waals surface area (Å²) in [5.41, 5.74) is 2.78. The van der Waals surface area contributed by atoms with Crippen molar-refractivity contribution < 1.29 is 9.32 Å². The summed E-state index contributed by atoms with van der Waals surface area (Å²) in [7, 11) is 0. The molecule has 0 radical (unpaired) electrons. The average molecular weight is 341 g/mol. The Hall–Kier alpha value is -2.59. The van der Waals surface area contributed by atoms with Gasteiger partial charge >= 0.3 is 0 Å². The zero-order valence-corrected chi connectivity index (χ0v) is 14.2. The van der Waals surface area contributed by atoms with Gasteiger partial charge in [0.25, 0.3) is 5.91 Å². The summed E-state index contributed by atoms with van der Waals surface area (Å²) >= 11 is 5.92. The smallest absolute Gasteiger partial charge is 0.257 e. The molecule has 3 rings (SSSR count). The van der Waals surface area contributed by atoms with E-state index in [-0.39, 0.29) is 11.9 Å². The maximum atomic E-state index is 12.7. The Bertz CT molecular complexity index is 842. The van der Waals surface area contributed by atoms with E-state index in [1.54, 1.807) is 19.1 Å². The fourth-order valence-electron chi connectivity index (χ4n) is 2.54. The number of hydrogen-bond donors (Lipinski definition) is 1. The molecule has 0 fully saturated rings. The second-order valence-electron chi connectivity index (χ2n) is 5.58. The minimum Gasteiger partial charge on any atom is -0.360 e. The molecule has 1 atom stereocenters. The van der Waals surface area contributed by atoms with Crippen LogP contribution in [0, 0.1) is 6.92 Å². The topological polar surface area (TPSA) is 55.1 Å². The maximum Gasteiger partial charge on any atom is 0.257 e. The van der Waals surface area contributed by atoms with Crippen LogP contribution in [0.4, 0.5) is 0 Å². The van der Waals surface area contributed by atoms with E-state index >= 15 is 0 Å². The first kappa shape index (κ1) is 16.3. The van der Waals surface area contributed by atoms with Crippen molar-refractivity contribution in [1.82, 2.24) is 10.5 Å². The second kappa shape index (κ2) is 6.89. The monoisotopic (exact) mass is 340 g/mol. The summed E-state index contributed by atoms with van der Waals surface area (Å²) in [5.74, 6) is 0.271. The largest absolute Gasteiger partial charge is 0.360 e. The molecular formula is C19H17ClN2O2. The van der Waals surface area contributed by atoms with Gasteiger partial charge in [-0.15, -0.1) is 0 Å². The molecule has 0 saturated heterocycles. The molecule has 1 heterocycles. The Morgan fingerprint density at radius 2 is 1.79 bits per heavy atom. The lowest BCUT2D eigenvalue weighted by atomic mass is 10.0. The Morgan fingerprint density at radius 3 is 2.46 bits per heavy atom. The quantitative estimate of drug-likeness (QED) is 0.742. The normalized spacial score (nSPS) is 12.0. The first-order chi connectivity index (χ1) is 11.6. The summed E-state index contributed by atoms with van der Waals surface area (Å²) < 4.78 is 5.24. The van der Waals surface area contributed by atoms with E-state index in [1.807, 2.05) is 49.4 Å². The van der Waals surface area contributed by atoms with Gasteiger partial charge in [0.1, 0.15) is 17.0 Å². The number of carbonyl (C=O) groups is 1. The van der Waals surface area contributed by atoms with Gasteiger partial charge in [-0.2, -0.15) is 0 Å². The van der Waals surface area contributed by atoms with E-state index in [4.69, 9.17) is 16.1 Å². The van der Waals surface area contributed by atoms with Crippen molar-refractivity contribution in [3.05, 3.63) is 76.5 Å². The highest BCUT2D eigenvalue weighted by Gasteiger charge is 2.23. The van der Waals surface area contributed by atoms with E-state index in [0.717, 1.165) is 11.1 Å². The van der Waals surface area contributed by atoms with E-state index in [9.17, 15) is 4.79 Å². The van der Waals surface area contributed by atoms with Crippen LogP contribution >= 0.6 is 11.6 Å². The van der Waals surface area contributed by atoms with Crippen LogP contribution in [0.15, 0.2) is 59.1 Å². The molecule has 0 aliphatic heterocycles. The summed E-state index contributed by atoms with van der Waals surface area (Å²) in [6.07, 6.45) is 0. The molecule has 5 heteroatoms. The molecule has 2 aromatic carbocycles. The average Bonchev–Trinajstić information content (AvgIpc) is 2.98. The van der Waals surface area contributed by atoms with Crippen LogP contribution in [0.2, 0.25) is 5.02 Å². The minimum atomic E-state index is -0.213. The molecule has 0 unspecified atom stereocenters. The van der Waals surface area contributed by atoms with Crippen molar-refractivity contribution in [3.63, 3.8) is 0 Å². The second-order valence-corrected chi connectivity index (χ2v) is 6.01. The Morgan fingerprint density at radius 1 is 1.12 bits per heavy atom. The van der Waals surface area contributed by atoms with Gasteiger partial charge < -0.3 is 9.84 Å². The third kappa shape index (κ3) is 3.34. The summed E-state index contributed by atoms with van der Waals surface area (Å²) in [6.45, 7) is 3.67. The van der Waals surface area contributed by atoms with E-state index in [0.29, 0.717) is 22.0 Å². The Kier molecular flexibility index (Phi) is 4.67. The molecule has 0 spiro atoms.